The summed E-state index contributed by atoms with van der Waals surface area (Å²) < 4.78 is 30.3. The summed E-state index contributed by atoms with van der Waals surface area (Å²) >= 11 is -6.55. The molecule has 0 N–H and O–H groups in total. The molecular formula is C24H72Ge2O6Si2Sn2. The molecule has 6 nitrogen and oxygen atoms in total. The van der Waals surface area contributed by atoms with Crippen LogP contribution in [0.1, 0.15) is 0 Å². The molecule has 0 aromatic heterocycles. The minimum atomic E-state index is -2.28. The van der Waals surface area contributed by atoms with Gasteiger partial charge in [-0.15, -0.1) is 0 Å². The summed E-state index contributed by atoms with van der Waals surface area (Å²) in [4.78, 5) is 13.7. The molecule has 0 heterocycles. The average Bonchev–Trinajstić information content (AvgIpc) is 2.65. The molecule has 12 heteroatoms. The van der Waals surface area contributed by atoms with Gasteiger partial charge in [-0.05, 0) is 13.1 Å². The van der Waals surface area contributed by atoms with E-state index in [0.29, 0.717) is 0 Å². The van der Waals surface area contributed by atoms with Crippen molar-refractivity contribution < 1.29 is 22.5 Å². The first-order chi connectivity index (χ1) is 15.4. The predicted octanol–water partition coefficient (Wildman–Crippen LogP) is 8.81. The fraction of sp³-hybridized carbons (Fsp3) is 1.00. The maximum absolute atomic E-state index is 5.07. The molecule has 0 aliphatic carbocycles. The van der Waals surface area contributed by atoms with Crippen LogP contribution in [-0.4, -0.2) is 124 Å². The van der Waals surface area contributed by atoms with E-state index in [1.807, 2.05) is 24.6 Å². The third kappa shape index (κ3) is 109. The fourth-order valence-electron chi connectivity index (χ4n) is 0.250. The molecule has 0 atom stereocenters. The van der Waals surface area contributed by atoms with Crippen molar-refractivity contribution in [3.8, 4) is 0 Å². The van der Waals surface area contributed by atoms with Crippen LogP contribution in [0, 0.1) is 0 Å². The zero-order chi connectivity index (χ0) is 31.2. The molecule has 36 heavy (non-hydrogen) atoms. The molecule has 0 saturated heterocycles. The van der Waals surface area contributed by atoms with Gasteiger partial charge in [0.1, 0.15) is 0 Å². The fourth-order valence-corrected chi connectivity index (χ4v) is 1.24. The average molecular weight is 896 g/mol. The quantitative estimate of drug-likeness (QED) is 0.249. The van der Waals surface area contributed by atoms with Crippen molar-refractivity contribution in [1.29, 1.82) is 0 Å². The van der Waals surface area contributed by atoms with Crippen LogP contribution in [0.3, 0.4) is 0 Å². The Balaban J connectivity index is -0.0000000756. The molecular weight excluding hydrogens is 823 g/mol. The Labute approximate surface area is 247 Å². The van der Waals surface area contributed by atoms with Gasteiger partial charge in [0.25, 0.3) is 0 Å². The Kier molecular flexibility index (Phi) is 36.7. The maximum atomic E-state index is 5.07. The minimum absolute atomic E-state index is 0.611. The predicted molar refractivity (Wildman–Crippen MR) is 182 cm³/mol. The topological polar surface area (TPSA) is 55.4 Å². The first kappa shape index (κ1) is 51.6. The monoisotopic (exact) mass is 900 g/mol. The van der Waals surface area contributed by atoms with Crippen LogP contribution in [0.25, 0.3) is 0 Å². The second-order valence-electron chi connectivity index (χ2n) is 14.4. The Morgan fingerprint density at radius 1 is 0.500 bits per heavy atom. The second-order valence-corrected chi connectivity index (χ2v) is 71.7. The van der Waals surface area contributed by atoms with Gasteiger partial charge in [0.05, 0.1) is 0 Å². The third-order valence-corrected chi connectivity index (χ3v) is 14.7. The summed E-state index contributed by atoms with van der Waals surface area (Å²) in [6.07, 6.45) is 0. The van der Waals surface area contributed by atoms with Crippen molar-refractivity contribution in [2.45, 2.75) is 103 Å². The molecule has 0 aromatic rings. The Morgan fingerprint density at radius 2 is 0.667 bits per heavy atom. The standard InChI is InChI=1S/C4H12GeO2.C4H12Ge.C4H12O2Si.C4H12Si.2CH3O.6CH3.2Sn/c1-5(2,6-3)7-4;1-5(2,3)4;1-5-7(3,4)6-2;1-5(2,3)4;2*1-2;;;;;;;;/h1-4H3;1-4H3;1-4H3;1-4H3;2*1H3;6*1H3;;/q;;;;2*-1;;;;;;;;+2. The van der Waals surface area contributed by atoms with Crippen molar-refractivity contribution in [1.82, 2.24) is 0 Å². The van der Waals surface area contributed by atoms with Crippen molar-refractivity contribution >= 4 is 81.4 Å². The summed E-state index contributed by atoms with van der Waals surface area (Å²) in [6, 6.07) is 0. The first-order valence-electron chi connectivity index (χ1n) is 12.7. The number of rotatable bonds is 6. The van der Waals surface area contributed by atoms with Crippen LogP contribution >= 0.6 is 0 Å². The number of hydrogen-bond acceptors (Lipinski definition) is 6. The van der Waals surface area contributed by atoms with Gasteiger partial charge >= 0.3 is 180 Å². The van der Waals surface area contributed by atoms with Gasteiger partial charge in [0.2, 0.25) is 0 Å². The molecule has 0 unspecified atom stereocenters. The molecule has 0 aliphatic rings. The van der Waals surface area contributed by atoms with E-state index in [9.17, 15) is 0 Å². The third-order valence-electron chi connectivity index (χ3n) is 2.95. The van der Waals surface area contributed by atoms with E-state index in [4.69, 9.17) is 22.5 Å². The molecule has 0 fully saturated rings. The Hall–Kier alpha value is 2.88. The normalized spacial score (nSPS) is 12.0. The summed E-state index contributed by atoms with van der Waals surface area (Å²) in [7, 11) is 7.90. The zero-order valence-corrected chi connectivity index (χ0v) is 41.4. The van der Waals surface area contributed by atoms with Gasteiger partial charge < -0.3 is 8.85 Å². The zero-order valence-electron chi connectivity index (χ0n) is 29.4. The van der Waals surface area contributed by atoms with Crippen LogP contribution in [0.5, 0.6) is 0 Å². The van der Waals surface area contributed by atoms with Crippen molar-refractivity contribution in [3.05, 3.63) is 0 Å². The summed E-state index contributed by atoms with van der Waals surface area (Å²) in [6.45, 7) is 13.3. The van der Waals surface area contributed by atoms with Gasteiger partial charge in [-0.1, -0.05) is 26.2 Å². The van der Waals surface area contributed by atoms with Gasteiger partial charge in [-0.2, -0.15) is 0 Å². The molecule has 228 valence electrons. The molecule has 0 aliphatic heterocycles. The van der Waals surface area contributed by atoms with Crippen LogP contribution < -0.4 is 0 Å². The summed E-state index contributed by atoms with van der Waals surface area (Å²) in [5, 5.41) is 0. The van der Waals surface area contributed by atoms with Crippen LogP contribution in [0.2, 0.25) is 103 Å². The molecule has 0 saturated carbocycles. The van der Waals surface area contributed by atoms with Gasteiger partial charge in [0.15, 0.2) is 0 Å². The molecule has 0 radical (unpaired) electrons. The van der Waals surface area contributed by atoms with Crippen LogP contribution in [-0.2, 0) is 22.5 Å². The molecule has 0 aromatic carbocycles. The van der Waals surface area contributed by atoms with Crippen molar-refractivity contribution in [3.63, 3.8) is 0 Å². The Bertz CT molecular complexity index is 364. The van der Waals surface area contributed by atoms with Crippen molar-refractivity contribution in [2.24, 2.45) is 0 Å². The van der Waals surface area contributed by atoms with Crippen LogP contribution in [0.15, 0.2) is 0 Å². The first-order valence-corrected chi connectivity index (χ1v) is 53.2. The van der Waals surface area contributed by atoms with Crippen molar-refractivity contribution in [2.75, 3.05) is 42.7 Å². The molecule has 0 rings (SSSR count). The summed E-state index contributed by atoms with van der Waals surface area (Å²) in [5.74, 6) is 13.6. The SMILES string of the molecule is CO[Si](C)(C)OC.C[O][Ge]([CH3])([CH3])[O]C.C[O][Sn]([CH3])([CH3])[O]C.C[Si](C)(C)C.[CH3][Ge]([CH3])([CH3])[CH3].[CH3][Sn]([CH3])([CH3])[CH3]. The molecule has 0 amide bonds. The van der Waals surface area contributed by atoms with Gasteiger partial charge in [0, 0.05) is 22.3 Å². The summed E-state index contributed by atoms with van der Waals surface area (Å²) in [5.41, 5.74) is 0. The van der Waals surface area contributed by atoms with E-state index in [-0.39, 0.29) is 0 Å². The molecule has 0 spiro atoms. The van der Waals surface area contributed by atoms with Crippen LogP contribution in [0.4, 0.5) is 0 Å². The van der Waals surface area contributed by atoms with E-state index in [1.165, 1.54) is 0 Å². The Morgan fingerprint density at radius 3 is 0.667 bits per heavy atom. The van der Waals surface area contributed by atoms with E-state index in [2.05, 4.69) is 78.9 Å². The van der Waals surface area contributed by atoms with E-state index in [0.717, 1.165) is 0 Å². The van der Waals surface area contributed by atoms with Gasteiger partial charge in [-0.3, -0.25) is 0 Å². The number of hydrogen-bond donors (Lipinski definition) is 0. The second kappa shape index (κ2) is 25.6. The van der Waals surface area contributed by atoms with E-state index >= 15 is 0 Å². The van der Waals surface area contributed by atoms with E-state index < -0.39 is 81.4 Å². The van der Waals surface area contributed by atoms with Gasteiger partial charge in [-0.25, -0.2) is 0 Å². The molecule has 0 bridgehead atoms. The van der Waals surface area contributed by atoms with E-state index in [1.54, 1.807) is 42.7 Å².